The minimum atomic E-state index is -0.264. The zero-order valence-corrected chi connectivity index (χ0v) is 23.7. The molecule has 4 heterocycles. The first-order valence-corrected chi connectivity index (χ1v) is 14.4. The van der Waals surface area contributed by atoms with Gasteiger partial charge in [-0.15, -0.1) is 0 Å². The van der Waals surface area contributed by atoms with Gasteiger partial charge in [0.2, 0.25) is 18.3 Å². The fourth-order valence-electron chi connectivity index (χ4n) is 6.18. The molecular formula is C29H42N8O2. The zero-order chi connectivity index (χ0) is 27.6. The van der Waals surface area contributed by atoms with E-state index in [4.69, 9.17) is 4.98 Å². The largest absolute Gasteiger partial charge is 0.368 e. The summed E-state index contributed by atoms with van der Waals surface area (Å²) < 4.78 is 0. The summed E-state index contributed by atoms with van der Waals surface area (Å²) in [6.45, 7) is 13.6. The molecule has 1 aliphatic carbocycles. The maximum Gasteiger partial charge on any atom is 0.230 e. The van der Waals surface area contributed by atoms with Gasteiger partial charge in [-0.3, -0.25) is 19.4 Å². The van der Waals surface area contributed by atoms with Crippen LogP contribution in [0.15, 0.2) is 24.5 Å². The van der Waals surface area contributed by atoms with Crippen LogP contribution >= 0.6 is 0 Å². The number of pyridine rings is 1. The van der Waals surface area contributed by atoms with Crippen molar-refractivity contribution in [2.24, 2.45) is 11.8 Å². The molecule has 0 spiro atoms. The smallest absolute Gasteiger partial charge is 0.230 e. The molecule has 2 aromatic rings. The van der Waals surface area contributed by atoms with Gasteiger partial charge < -0.3 is 15.5 Å². The molecule has 0 aromatic carbocycles. The van der Waals surface area contributed by atoms with E-state index in [2.05, 4.69) is 64.2 Å². The number of hydrogen-bond donors (Lipinski definition) is 2. The third kappa shape index (κ3) is 5.57. The van der Waals surface area contributed by atoms with E-state index in [0.29, 0.717) is 36.6 Å². The normalized spacial score (nSPS) is 21.1. The number of hydrogen-bond acceptors (Lipinski definition) is 8. The highest BCUT2D eigenvalue weighted by Gasteiger charge is 2.46. The highest BCUT2D eigenvalue weighted by atomic mass is 16.2. The van der Waals surface area contributed by atoms with E-state index in [0.717, 1.165) is 69.5 Å². The van der Waals surface area contributed by atoms with Crippen molar-refractivity contribution in [3.8, 4) is 0 Å². The van der Waals surface area contributed by atoms with E-state index in [1.54, 1.807) is 6.20 Å². The molecule has 0 radical (unpaired) electrons. The Balaban J connectivity index is 1.36. The number of nitrogens with zero attached hydrogens (tertiary/aromatic N) is 6. The predicted octanol–water partition coefficient (Wildman–Crippen LogP) is 3.37. The minimum absolute atomic E-state index is 0.0536. The molecule has 2 aromatic heterocycles. The van der Waals surface area contributed by atoms with Crippen LogP contribution < -0.4 is 20.4 Å². The Morgan fingerprint density at radius 1 is 1.13 bits per heavy atom. The standard InChI is InChI=1S/C29H42N8O2/c1-20(2)29(9-5-10-29)37(19-38)26-23(16-22-8-11-30-27(22)39)17-32-28(34-26)33-25-7-6-24(18-31-25)36-14-12-35(13-15-36)21(3)4/h6-7,17-22H,5,8-16H2,1-4H3,(H,30,39)(H,31,32,33,34)/t22-/m0/s1. The summed E-state index contributed by atoms with van der Waals surface area (Å²) in [6, 6.07) is 4.59. The fourth-order valence-corrected chi connectivity index (χ4v) is 6.18. The van der Waals surface area contributed by atoms with Gasteiger partial charge >= 0.3 is 0 Å². The van der Waals surface area contributed by atoms with Gasteiger partial charge in [0, 0.05) is 56.4 Å². The molecular weight excluding hydrogens is 492 g/mol. The average molecular weight is 535 g/mol. The van der Waals surface area contributed by atoms with Gasteiger partial charge in [0.15, 0.2) is 0 Å². The van der Waals surface area contributed by atoms with E-state index in [1.807, 2.05) is 17.2 Å². The predicted molar refractivity (Wildman–Crippen MR) is 153 cm³/mol. The van der Waals surface area contributed by atoms with Gasteiger partial charge in [-0.25, -0.2) is 9.97 Å². The number of piperazine rings is 1. The average Bonchev–Trinajstić information content (AvgIpc) is 3.31. The molecule has 2 saturated heterocycles. The highest BCUT2D eigenvalue weighted by Crippen LogP contribution is 2.45. The summed E-state index contributed by atoms with van der Waals surface area (Å²) in [5, 5.41) is 6.15. The second kappa shape index (κ2) is 11.5. The Morgan fingerprint density at radius 2 is 1.90 bits per heavy atom. The van der Waals surface area contributed by atoms with Crippen molar-refractivity contribution in [1.82, 2.24) is 25.2 Å². The fraction of sp³-hybridized carbons (Fsp3) is 0.621. The first-order chi connectivity index (χ1) is 18.8. The number of nitrogens with one attached hydrogen (secondary N) is 2. The molecule has 0 bridgehead atoms. The van der Waals surface area contributed by atoms with Crippen molar-refractivity contribution >= 4 is 35.6 Å². The van der Waals surface area contributed by atoms with Crippen LogP contribution in [0.5, 0.6) is 0 Å². The van der Waals surface area contributed by atoms with Crippen LogP contribution in [0.4, 0.5) is 23.3 Å². The quantitative estimate of drug-likeness (QED) is 0.447. The minimum Gasteiger partial charge on any atom is -0.368 e. The van der Waals surface area contributed by atoms with E-state index < -0.39 is 0 Å². The molecule has 3 fully saturated rings. The third-order valence-electron chi connectivity index (χ3n) is 8.98. The number of carbonyl (C=O) groups is 2. The van der Waals surface area contributed by atoms with Crippen molar-refractivity contribution < 1.29 is 9.59 Å². The number of anilines is 4. The molecule has 10 heteroatoms. The van der Waals surface area contributed by atoms with E-state index in [-0.39, 0.29) is 23.3 Å². The molecule has 10 nitrogen and oxygen atoms in total. The molecule has 3 aliphatic rings. The lowest BCUT2D eigenvalue weighted by atomic mass is 9.68. The molecule has 39 heavy (non-hydrogen) atoms. The molecule has 2 aliphatic heterocycles. The van der Waals surface area contributed by atoms with E-state index in [1.165, 1.54) is 0 Å². The molecule has 1 atom stereocenters. The second-order valence-electron chi connectivity index (χ2n) is 11.8. The zero-order valence-electron chi connectivity index (χ0n) is 23.7. The maximum atomic E-state index is 12.6. The van der Waals surface area contributed by atoms with Crippen LogP contribution in [0, 0.1) is 11.8 Å². The topological polar surface area (TPSA) is 107 Å². The molecule has 5 rings (SSSR count). The lowest BCUT2D eigenvalue weighted by Crippen LogP contribution is -2.57. The molecule has 0 unspecified atom stereocenters. The first kappa shape index (κ1) is 27.3. The van der Waals surface area contributed by atoms with Crippen molar-refractivity contribution in [2.45, 2.75) is 71.4 Å². The summed E-state index contributed by atoms with van der Waals surface area (Å²) in [5.74, 6) is 1.83. The van der Waals surface area contributed by atoms with Crippen molar-refractivity contribution in [3.63, 3.8) is 0 Å². The first-order valence-electron chi connectivity index (χ1n) is 14.4. The molecule has 210 valence electrons. The van der Waals surface area contributed by atoms with Gasteiger partial charge in [0.05, 0.1) is 17.4 Å². The lowest BCUT2D eigenvalue weighted by molar-refractivity contribution is -0.122. The van der Waals surface area contributed by atoms with E-state index >= 15 is 0 Å². The Hall–Kier alpha value is -3.27. The third-order valence-corrected chi connectivity index (χ3v) is 8.98. The summed E-state index contributed by atoms with van der Waals surface area (Å²) >= 11 is 0. The Morgan fingerprint density at radius 3 is 2.44 bits per heavy atom. The molecule has 1 saturated carbocycles. The summed E-state index contributed by atoms with van der Waals surface area (Å²) in [5.41, 5.74) is 1.66. The highest BCUT2D eigenvalue weighted by molar-refractivity contribution is 5.82. The monoisotopic (exact) mass is 534 g/mol. The van der Waals surface area contributed by atoms with Gasteiger partial charge in [-0.2, -0.15) is 4.98 Å². The van der Waals surface area contributed by atoms with E-state index in [9.17, 15) is 9.59 Å². The second-order valence-corrected chi connectivity index (χ2v) is 11.8. The summed E-state index contributed by atoms with van der Waals surface area (Å²) in [7, 11) is 0. The Kier molecular flexibility index (Phi) is 8.02. The SMILES string of the molecule is CC(C)N1CCN(c2ccc(Nc3ncc(C[C@@H]4CCNC4=O)c(N(C=O)C4(C(C)C)CCC4)n3)nc2)CC1. The number of amides is 2. The van der Waals surface area contributed by atoms with Crippen molar-refractivity contribution in [1.29, 1.82) is 0 Å². The van der Waals surface area contributed by atoms with Crippen LogP contribution in [0.1, 0.15) is 58.9 Å². The van der Waals surface area contributed by atoms with Crippen LogP contribution in [-0.4, -0.2) is 76.5 Å². The van der Waals surface area contributed by atoms with Crippen LogP contribution in [0.2, 0.25) is 0 Å². The van der Waals surface area contributed by atoms with Crippen molar-refractivity contribution in [3.05, 3.63) is 30.1 Å². The van der Waals surface area contributed by atoms with Crippen LogP contribution in [0.25, 0.3) is 0 Å². The summed E-state index contributed by atoms with van der Waals surface area (Å²) in [4.78, 5) is 45.6. The number of rotatable bonds is 10. The maximum absolute atomic E-state index is 12.6. The van der Waals surface area contributed by atoms with Crippen LogP contribution in [-0.2, 0) is 16.0 Å². The van der Waals surface area contributed by atoms with Gasteiger partial charge in [0.1, 0.15) is 11.6 Å². The van der Waals surface area contributed by atoms with Crippen LogP contribution in [0.3, 0.4) is 0 Å². The molecule has 2 amide bonds. The Bertz CT molecular complexity index is 1160. The number of aromatic nitrogens is 3. The summed E-state index contributed by atoms with van der Waals surface area (Å²) in [6.07, 6.45) is 8.82. The van der Waals surface area contributed by atoms with Gasteiger partial charge in [-0.1, -0.05) is 13.8 Å². The van der Waals surface area contributed by atoms with Gasteiger partial charge in [-0.05, 0) is 64.0 Å². The number of carbonyl (C=O) groups excluding carboxylic acids is 2. The lowest BCUT2D eigenvalue weighted by Gasteiger charge is -2.51. The molecule has 2 N–H and O–H groups in total. The van der Waals surface area contributed by atoms with Crippen molar-refractivity contribution in [2.75, 3.05) is 47.8 Å². The van der Waals surface area contributed by atoms with Gasteiger partial charge in [0.25, 0.3) is 0 Å². The Labute approximate surface area is 231 Å².